The molecule has 1 aromatic carbocycles. The minimum absolute atomic E-state index is 0.00584. The van der Waals surface area contributed by atoms with Gasteiger partial charge in [-0.3, -0.25) is 4.79 Å². The summed E-state index contributed by atoms with van der Waals surface area (Å²) in [5, 5.41) is 0. The molecule has 0 spiro atoms. The summed E-state index contributed by atoms with van der Waals surface area (Å²) >= 11 is 0. The molecule has 1 amide bonds. The second-order valence-corrected chi connectivity index (χ2v) is 8.17. The highest BCUT2D eigenvalue weighted by molar-refractivity contribution is 7.89. The van der Waals surface area contributed by atoms with Crippen molar-refractivity contribution in [2.45, 2.75) is 56.4 Å². The van der Waals surface area contributed by atoms with Crippen molar-refractivity contribution in [3.8, 4) is 5.75 Å². The second kappa shape index (κ2) is 7.11. The largest absolute Gasteiger partial charge is 0.490 e. The predicted octanol–water partition coefficient (Wildman–Crippen LogP) is 2.43. The van der Waals surface area contributed by atoms with Gasteiger partial charge in [-0.05, 0) is 31.0 Å². The van der Waals surface area contributed by atoms with Gasteiger partial charge in [-0.15, -0.1) is 0 Å². The fourth-order valence-corrected chi connectivity index (χ4v) is 4.70. The van der Waals surface area contributed by atoms with Crippen molar-refractivity contribution in [2.24, 2.45) is 0 Å². The highest BCUT2D eigenvalue weighted by Crippen LogP contribution is 2.34. The number of nitrogens with zero attached hydrogens (tertiary/aromatic N) is 1. The summed E-state index contributed by atoms with van der Waals surface area (Å²) in [7, 11) is -3.60. The van der Waals surface area contributed by atoms with Gasteiger partial charge in [0.1, 0.15) is 12.4 Å². The quantitative estimate of drug-likeness (QED) is 0.848. The fraction of sp³-hybridized carbons (Fsp3) is 0.588. The van der Waals surface area contributed by atoms with Gasteiger partial charge in [0.25, 0.3) is 0 Å². The Kier molecular flexibility index (Phi) is 5.10. The summed E-state index contributed by atoms with van der Waals surface area (Å²) < 4.78 is 33.8. The molecule has 0 radical (unpaired) electrons. The fourth-order valence-electron chi connectivity index (χ4n) is 3.38. The smallest absolute Gasteiger partial charge is 0.240 e. The van der Waals surface area contributed by atoms with Crippen LogP contribution in [0.5, 0.6) is 5.75 Å². The molecule has 1 saturated carbocycles. The predicted molar refractivity (Wildman–Crippen MR) is 91.8 cm³/mol. The Hall–Kier alpha value is -1.60. The van der Waals surface area contributed by atoms with Crippen molar-refractivity contribution in [1.29, 1.82) is 0 Å². The maximum absolute atomic E-state index is 12.7. The number of hydrogen-bond donors (Lipinski definition) is 1. The van der Waals surface area contributed by atoms with E-state index in [0.29, 0.717) is 24.6 Å². The highest BCUT2D eigenvalue weighted by Gasteiger charge is 2.26. The van der Waals surface area contributed by atoms with Crippen molar-refractivity contribution in [2.75, 3.05) is 18.1 Å². The number of rotatable bonds is 3. The molecule has 1 aliphatic carbocycles. The van der Waals surface area contributed by atoms with Gasteiger partial charge < -0.3 is 9.64 Å². The molecule has 7 heteroatoms. The van der Waals surface area contributed by atoms with Crippen LogP contribution in [0.2, 0.25) is 0 Å². The van der Waals surface area contributed by atoms with Crippen LogP contribution in [0.25, 0.3) is 0 Å². The maximum atomic E-state index is 12.7. The number of carbonyl (C=O) groups is 1. The molecule has 2 aliphatic rings. The van der Waals surface area contributed by atoms with Crippen molar-refractivity contribution in [1.82, 2.24) is 4.72 Å². The zero-order chi connectivity index (χ0) is 17.2. The summed E-state index contributed by atoms with van der Waals surface area (Å²) in [6.07, 6.45) is 6.22. The van der Waals surface area contributed by atoms with Crippen molar-refractivity contribution < 1.29 is 17.9 Å². The number of benzene rings is 1. The first kappa shape index (κ1) is 17.2. The molecule has 1 N–H and O–H groups in total. The van der Waals surface area contributed by atoms with Crippen LogP contribution in [-0.2, 0) is 14.8 Å². The van der Waals surface area contributed by atoms with E-state index in [1.165, 1.54) is 25.8 Å². The lowest BCUT2D eigenvalue weighted by atomic mass is 10.1. The van der Waals surface area contributed by atoms with Crippen LogP contribution in [0.1, 0.15) is 45.4 Å². The molecule has 1 aliphatic heterocycles. The van der Waals surface area contributed by atoms with E-state index in [1.807, 2.05) is 0 Å². The van der Waals surface area contributed by atoms with Crippen LogP contribution in [0.4, 0.5) is 5.69 Å². The van der Waals surface area contributed by atoms with Gasteiger partial charge in [-0.25, -0.2) is 13.1 Å². The standard InChI is InChI=1S/C17H24N2O4S/c1-13(20)19-10-11-23-17-9-8-15(12-16(17)19)24(21,22)18-14-6-4-2-3-5-7-14/h8-9,12,14,18H,2-7,10-11H2,1H3. The number of amides is 1. The molecule has 24 heavy (non-hydrogen) atoms. The lowest BCUT2D eigenvalue weighted by molar-refractivity contribution is -0.116. The van der Waals surface area contributed by atoms with Gasteiger partial charge in [-0.1, -0.05) is 25.7 Å². The summed E-state index contributed by atoms with van der Waals surface area (Å²) in [4.78, 5) is 13.5. The summed E-state index contributed by atoms with van der Waals surface area (Å²) in [6.45, 7) is 2.32. The molecule has 0 saturated heterocycles. The number of anilines is 1. The Bertz CT molecular complexity index is 709. The van der Waals surface area contributed by atoms with Crippen LogP contribution in [0.15, 0.2) is 23.1 Å². The number of fused-ring (bicyclic) bond motifs is 1. The van der Waals surface area contributed by atoms with E-state index < -0.39 is 10.0 Å². The normalized spacial score (nSPS) is 19.3. The van der Waals surface area contributed by atoms with E-state index in [4.69, 9.17) is 4.74 Å². The lowest BCUT2D eigenvalue weighted by Crippen LogP contribution is -2.37. The van der Waals surface area contributed by atoms with Crippen molar-refractivity contribution in [3.05, 3.63) is 18.2 Å². The van der Waals surface area contributed by atoms with E-state index in [1.54, 1.807) is 17.0 Å². The van der Waals surface area contributed by atoms with Crippen LogP contribution in [0.3, 0.4) is 0 Å². The molecular weight excluding hydrogens is 328 g/mol. The minimum atomic E-state index is -3.60. The van der Waals surface area contributed by atoms with Crippen LogP contribution in [0, 0.1) is 0 Å². The second-order valence-electron chi connectivity index (χ2n) is 6.46. The van der Waals surface area contributed by atoms with Crippen molar-refractivity contribution >= 4 is 21.6 Å². The Morgan fingerprint density at radius 2 is 1.92 bits per heavy atom. The molecular formula is C17H24N2O4S. The van der Waals surface area contributed by atoms with Gasteiger partial charge in [0.2, 0.25) is 15.9 Å². The minimum Gasteiger partial charge on any atom is -0.490 e. The Balaban J connectivity index is 1.85. The third kappa shape index (κ3) is 3.72. The third-order valence-corrected chi connectivity index (χ3v) is 6.18. The summed E-state index contributed by atoms with van der Waals surface area (Å²) in [5.41, 5.74) is 0.525. The molecule has 0 unspecified atom stereocenters. The van der Waals surface area contributed by atoms with E-state index in [9.17, 15) is 13.2 Å². The van der Waals surface area contributed by atoms with Gasteiger partial charge >= 0.3 is 0 Å². The van der Waals surface area contributed by atoms with E-state index in [-0.39, 0.29) is 16.8 Å². The van der Waals surface area contributed by atoms with E-state index in [2.05, 4.69) is 4.72 Å². The number of carbonyl (C=O) groups excluding carboxylic acids is 1. The number of hydrogen-bond acceptors (Lipinski definition) is 4. The number of ether oxygens (including phenoxy) is 1. The Morgan fingerprint density at radius 3 is 2.58 bits per heavy atom. The molecule has 1 heterocycles. The molecule has 132 valence electrons. The number of sulfonamides is 1. The van der Waals surface area contributed by atoms with Gasteiger partial charge in [0.05, 0.1) is 17.1 Å². The SMILES string of the molecule is CC(=O)N1CCOc2ccc(S(=O)(=O)NC3CCCCCC3)cc21. The van der Waals surface area contributed by atoms with Crippen LogP contribution >= 0.6 is 0 Å². The molecule has 6 nitrogen and oxygen atoms in total. The average molecular weight is 352 g/mol. The molecule has 1 fully saturated rings. The van der Waals surface area contributed by atoms with Gasteiger partial charge in [-0.2, -0.15) is 0 Å². The Morgan fingerprint density at radius 1 is 1.21 bits per heavy atom. The molecule has 0 atom stereocenters. The zero-order valence-electron chi connectivity index (χ0n) is 14.0. The summed E-state index contributed by atoms with van der Waals surface area (Å²) in [6, 6.07) is 4.70. The Labute approximate surface area is 143 Å². The van der Waals surface area contributed by atoms with Crippen molar-refractivity contribution in [3.63, 3.8) is 0 Å². The maximum Gasteiger partial charge on any atom is 0.240 e. The topological polar surface area (TPSA) is 75.7 Å². The first-order valence-corrected chi connectivity index (χ1v) is 10.0. The van der Waals surface area contributed by atoms with Gasteiger partial charge in [0, 0.05) is 13.0 Å². The average Bonchev–Trinajstić information content (AvgIpc) is 2.81. The molecule has 1 aromatic rings. The first-order chi connectivity index (χ1) is 11.5. The molecule has 0 aromatic heterocycles. The highest BCUT2D eigenvalue weighted by atomic mass is 32.2. The molecule has 0 bridgehead atoms. The van der Waals surface area contributed by atoms with E-state index in [0.717, 1.165) is 25.7 Å². The summed E-state index contributed by atoms with van der Waals surface area (Å²) in [5.74, 6) is 0.427. The zero-order valence-corrected chi connectivity index (χ0v) is 14.8. The lowest BCUT2D eigenvalue weighted by Gasteiger charge is -2.29. The van der Waals surface area contributed by atoms with Crippen LogP contribution in [-0.4, -0.2) is 33.5 Å². The third-order valence-electron chi connectivity index (χ3n) is 4.66. The molecule has 3 rings (SSSR count). The van der Waals surface area contributed by atoms with E-state index >= 15 is 0 Å². The van der Waals surface area contributed by atoms with Gasteiger partial charge in [0.15, 0.2) is 0 Å². The number of nitrogens with one attached hydrogen (secondary N) is 1. The first-order valence-electron chi connectivity index (χ1n) is 8.55. The monoisotopic (exact) mass is 352 g/mol. The van der Waals surface area contributed by atoms with Crippen LogP contribution < -0.4 is 14.4 Å².